The van der Waals surface area contributed by atoms with Crippen LogP contribution in [0.5, 0.6) is 0 Å². The van der Waals surface area contributed by atoms with Gasteiger partial charge in [-0.1, -0.05) is 42.5 Å². The summed E-state index contributed by atoms with van der Waals surface area (Å²) in [7, 11) is 0. The average molecular weight is 287 g/mol. The van der Waals surface area contributed by atoms with Crippen molar-refractivity contribution in [3.63, 3.8) is 0 Å². The first-order valence-electron chi connectivity index (χ1n) is 6.39. The molecule has 0 radical (unpaired) electrons. The fourth-order valence-electron chi connectivity index (χ4n) is 2.38. The molecular weight excluding hydrogens is 276 g/mol. The van der Waals surface area contributed by atoms with Crippen LogP contribution in [0.4, 0.5) is 14.5 Å². The number of para-hydroxylation sites is 1. The van der Waals surface area contributed by atoms with Gasteiger partial charge in [-0.2, -0.15) is 8.78 Å². The Morgan fingerprint density at radius 3 is 2.24 bits per heavy atom. The quantitative estimate of drug-likeness (QED) is 0.814. The van der Waals surface area contributed by atoms with Crippen LogP contribution < -0.4 is 4.90 Å². The van der Waals surface area contributed by atoms with Crippen molar-refractivity contribution in [1.82, 2.24) is 0 Å². The second kappa shape index (κ2) is 4.77. The lowest BCUT2D eigenvalue weighted by atomic mass is 10.1. The van der Waals surface area contributed by atoms with Crippen molar-refractivity contribution in [2.75, 3.05) is 11.4 Å². The third-order valence-corrected chi connectivity index (χ3v) is 3.43. The Labute approximate surface area is 119 Å². The maximum Gasteiger partial charge on any atom is 0.299 e. The van der Waals surface area contributed by atoms with Crippen LogP contribution in [0.1, 0.15) is 15.9 Å². The predicted molar refractivity (Wildman–Crippen MR) is 73.5 cm³/mol. The molecular formula is C16H11F2NO2. The summed E-state index contributed by atoms with van der Waals surface area (Å²) >= 11 is 0. The van der Waals surface area contributed by atoms with Gasteiger partial charge in [0, 0.05) is 5.56 Å². The summed E-state index contributed by atoms with van der Waals surface area (Å²) in [6.07, 6.45) is 0. The molecule has 0 fully saturated rings. The van der Waals surface area contributed by atoms with Crippen LogP contribution >= 0.6 is 0 Å². The number of benzene rings is 2. The number of hydrogen-bond acceptors (Lipinski definition) is 2. The maximum atomic E-state index is 14.3. The molecule has 0 bridgehead atoms. The number of carbonyl (C=O) groups is 2. The summed E-state index contributed by atoms with van der Waals surface area (Å²) in [5.74, 6) is -4.88. The highest BCUT2D eigenvalue weighted by atomic mass is 19.3. The van der Waals surface area contributed by atoms with Gasteiger partial charge in [-0.3, -0.25) is 14.5 Å². The summed E-state index contributed by atoms with van der Waals surface area (Å²) in [5, 5.41) is 0. The van der Waals surface area contributed by atoms with E-state index in [2.05, 4.69) is 0 Å². The molecule has 0 unspecified atom stereocenters. The summed E-state index contributed by atoms with van der Waals surface area (Å²) in [5.41, 5.74) is 0.226. The molecule has 1 aliphatic rings. The van der Waals surface area contributed by atoms with Crippen molar-refractivity contribution in [2.45, 2.75) is 5.92 Å². The Morgan fingerprint density at radius 2 is 1.52 bits per heavy atom. The van der Waals surface area contributed by atoms with E-state index in [1.807, 2.05) is 0 Å². The van der Waals surface area contributed by atoms with Crippen LogP contribution in [-0.2, 0) is 10.7 Å². The van der Waals surface area contributed by atoms with E-state index in [0.717, 1.165) is 4.90 Å². The molecule has 106 valence electrons. The number of amides is 1. The highest BCUT2D eigenvalue weighted by Crippen LogP contribution is 2.35. The third kappa shape index (κ3) is 2.20. The lowest BCUT2D eigenvalue weighted by molar-refractivity contribution is -0.115. The van der Waals surface area contributed by atoms with Crippen LogP contribution in [0.15, 0.2) is 54.6 Å². The molecule has 2 aromatic rings. The molecule has 0 aromatic heterocycles. The van der Waals surface area contributed by atoms with E-state index in [1.54, 1.807) is 18.2 Å². The molecule has 1 heterocycles. The van der Waals surface area contributed by atoms with Gasteiger partial charge < -0.3 is 0 Å². The molecule has 0 spiro atoms. The van der Waals surface area contributed by atoms with E-state index >= 15 is 0 Å². The second-order valence-corrected chi connectivity index (χ2v) is 4.81. The van der Waals surface area contributed by atoms with E-state index < -0.39 is 24.2 Å². The maximum absolute atomic E-state index is 14.3. The fraction of sp³-hybridized carbons (Fsp3) is 0.125. The van der Waals surface area contributed by atoms with Crippen LogP contribution in [0.25, 0.3) is 0 Å². The molecule has 0 saturated carbocycles. The molecule has 1 aliphatic heterocycles. The molecule has 2 aromatic carbocycles. The van der Waals surface area contributed by atoms with Crippen LogP contribution in [-0.4, -0.2) is 18.2 Å². The number of alkyl halides is 2. The highest BCUT2D eigenvalue weighted by molar-refractivity contribution is 6.52. The number of anilines is 1. The monoisotopic (exact) mass is 287 g/mol. The van der Waals surface area contributed by atoms with Gasteiger partial charge in [0.05, 0.1) is 17.8 Å². The minimum absolute atomic E-state index is 0.173. The first kappa shape index (κ1) is 13.4. The number of rotatable bonds is 3. The van der Waals surface area contributed by atoms with E-state index in [-0.39, 0.29) is 16.8 Å². The molecule has 5 heteroatoms. The van der Waals surface area contributed by atoms with Gasteiger partial charge in [0.2, 0.25) is 0 Å². The van der Waals surface area contributed by atoms with Gasteiger partial charge in [0.1, 0.15) is 0 Å². The minimum atomic E-state index is -3.23. The van der Waals surface area contributed by atoms with Crippen LogP contribution in [0.3, 0.4) is 0 Å². The average Bonchev–Trinajstić information content (AvgIpc) is 2.74. The molecule has 0 aliphatic carbocycles. The SMILES string of the molecule is O=C1C(=O)N(CC(F)(F)c2ccccc2)c2ccccc21. The molecule has 0 atom stereocenters. The fourth-order valence-corrected chi connectivity index (χ4v) is 2.38. The van der Waals surface area contributed by atoms with Crippen molar-refractivity contribution in [1.29, 1.82) is 0 Å². The van der Waals surface area contributed by atoms with Crippen molar-refractivity contribution in [3.05, 3.63) is 65.7 Å². The predicted octanol–water partition coefficient (Wildman–Crippen LogP) is 3.01. The van der Waals surface area contributed by atoms with Crippen molar-refractivity contribution < 1.29 is 18.4 Å². The van der Waals surface area contributed by atoms with Gasteiger partial charge in [-0.15, -0.1) is 0 Å². The number of nitrogens with zero attached hydrogens (tertiary/aromatic N) is 1. The van der Waals surface area contributed by atoms with Gasteiger partial charge >= 0.3 is 0 Å². The van der Waals surface area contributed by atoms with Crippen molar-refractivity contribution >= 4 is 17.4 Å². The number of fused-ring (bicyclic) bond motifs is 1. The van der Waals surface area contributed by atoms with Gasteiger partial charge in [0.15, 0.2) is 0 Å². The normalized spacial score (nSPS) is 14.5. The van der Waals surface area contributed by atoms with Crippen molar-refractivity contribution in [3.8, 4) is 0 Å². The minimum Gasteiger partial charge on any atom is -0.298 e. The smallest absolute Gasteiger partial charge is 0.298 e. The number of Topliss-reactive ketones (excluding diaryl/α,β-unsaturated/α-hetero) is 1. The zero-order valence-electron chi connectivity index (χ0n) is 10.9. The van der Waals surface area contributed by atoms with E-state index in [1.165, 1.54) is 36.4 Å². The standard InChI is InChI=1S/C16H11F2NO2/c17-16(18,11-6-2-1-3-7-11)10-19-13-9-5-4-8-12(13)14(20)15(19)21/h1-9H,10H2. The Balaban J connectivity index is 1.95. The Hall–Kier alpha value is -2.56. The first-order chi connectivity index (χ1) is 10.0. The van der Waals surface area contributed by atoms with E-state index in [4.69, 9.17) is 0 Å². The molecule has 0 saturated heterocycles. The Bertz CT molecular complexity index is 713. The molecule has 21 heavy (non-hydrogen) atoms. The topological polar surface area (TPSA) is 37.4 Å². The number of ketones is 1. The Kier molecular flexibility index (Phi) is 3.05. The molecule has 0 N–H and O–H groups in total. The zero-order chi connectivity index (χ0) is 15.0. The second-order valence-electron chi connectivity index (χ2n) is 4.81. The largest absolute Gasteiger partial charge is 0.299 e. The third-order valence-electron chi connectivity index (χ3n) is 3.43. The molecule has 1 amide bonds. The summed E-state index contributed by atoms with van der Waals surface area (Å²) in [4.78, 5) is 24.6. The number of halogens is 2. The number of carbonyl (C=O) groups excluding carboxylic acids is 2. The van der Waals surface area contributed by atoms with Crippen molar-refractivity contribution in [2.24, 2.45) is 0 Å². The lowest BCUT2D eigenvalue weighted by Crippen LogP contribution is -2.38. The zero-order valence-corrected chi connectivity index (χ0v) is 10.9. The van der Waals surface area contributed by atoms with Crippen LogP contribution in [0, 0.1) is 0 Å². The van der Waals surface area contributed by atoms with Gasteiger partial charge in [-0.05, 0) is 12.1 Å². The van der Waals surface area contributed by atoms with Crippen LogP contribution in [0.2, 0.25) is 0 Å². The lowest BCUT2D eigenvalue weighted by Gasteiger charge is -2.24. The van der Waals surface area contributed by atoms with Gasteiger partial charge in [-0.25, -0.2) is 0 Å². The number of hydrogen-bond donors (Lipinski definition) is 0. The summed E-state index contributed by atoms with van der Waals surface area (Å²) in [6, 6.07) is 13.4. The van der Waals surface area contributed by atoms with E-state index in [0.29, 0.717) is 0 Å². The summed E-state index contributed by atoms with van der Waals surface area (Å²) in [6.45, 7) is -0.849. The highest BCUT2D eigenvalue weighted by Gasteiger charge is 2.42. The first-order valence-corrected chi connectivity index (χ1v) is 6.39. The van der Waals surface area contributed by atoms with Gasteiger partial charge in [0.25, 0.3) is 17.6 Å². The molecule has 3 nitrogen and oxygen atoms in total. The Morgan fingerprint density at radius 1 is 0.905 bits per heavy atom. The molecule has 3 rings (SSSR count). The van der Waals surface area contributed by atoms with E-state index in [9.17, 15) is 18.4 Å². The summed E-state index contributed by atoms with van der Waals surface area (Å²) < 4.78 is 28.6.